The Morgan fingerprint density at radius 1 is 1.26 bits per heavy atom. The number of carbonyl (C=O) groups is 1. The summed E-state index contributed by atoms with van der Waals surface area (Å²) in [6.45, 7) is 21.9. The second kappa shape index (κ2) is 17.2. The zero-order valence-corrected chi connectivity index (χ0v) is 25.8. The largest absolute Gasteiger partial charge is 0.498 e. The molecule has 1 fully saturated rings. The highest BCUT2D eigenvalue weighted by Crippen LogP contribution is 2.34. The van der Waals surface area contributed by atoms with Crippen molar-refractivity contribution in [1.82, 2.24) is 9.80 Å². The molecule has 0 spiro atoms. The second-order valence-electron chi connectivity index (χ2n) is 11.5. The minimum absolute atomic E-state index is 0.175. The first-order chi connectivity index (χ1) is 18.7. The van der Waals surface area contributed by atoms with Crippen molar-refractivity contribution in [3.63, 3.8) is 0 Å². The molecular weight excluding hydrogens is 480 g/mol. The van der Waals surface area contributed by atoms with Gasteiger partial charge < -0.3 is 9.64 Å². The highest BCUT2D eigenvalue weighted by Gasteiger charge is 2.36. The minimum atomic E-state index is 0.175. The van der Waals surface area contributed by atoms with Crippen LogP contribution in [0.2, 0.25) is 0 Å². The molecule has 0 N–H and O–H groups in total. The zero-order chi connectivity index (χ0) is 28.8. The van der Waals surface area contributed by atoms with Crippen molar-refractivity contribution in [3.05, 3.63) is 83.4 Å². The highest BCUT2D eigenvalue weighted by atomic mass is 16.5. The fraction of sp³-hybridized carbons (Fsp3) is 0.571. The third-order valence-corrected chi connectivity index (χ3v) is 7.47. The highest BCUT2D eigenvalue weighted by molar-refractivity contribution is 5.80. The van der Waals surface area contributed by atoms with Crippen molar-refractivity contribution < 1.29 is 9.53 Å². The van der Waals surface area contributed by atoms with Gasteiger partial charge in [-0.05, 0) is 95.4 Å². The quantitative estimate of drug-likeness (QED) is 0.186. The molecule has 4 nitrogen and oxygen atoms in total. The van der Waals surface area contributed by atoms with Gasteiger partial charge in [-0.2, -0.15) is 0 Å². The van der Waals surface area contributed by atoms with Gasteiger partial charge in [0.05, 0.1) is 18.9 Å². The van der Waals surface area contributed by atoms with Crippen molar-refractivity contribution in [2.75, 3.05) is 26.2 Å². The molecule has 39 heavy (non-hydrogen) atoms. The average molecular weight is 535 g/mol. The number of amides is 1. The summed E-state index contributed by atoms with van der Waals surface area (Å²) in [5, 5.41) is 0. The van der Waals surface area contributed by atoms with Gasteiger partial charge in [-0.1, -0.05) is 68.9 Å². The number of ether oxygens (including phenoxy) is 1. The fourth-order valence-corrected chi connectivity index (χ4v) is 5.70. The van der Waals surface area contributed by atoms with E-state index in [9.17, 15) is 4.79 Å². The Morgan fingerprint density at radius 2 is 2.03 bits per heavy atom. The van der Waals surface area contributed by atoms with E-state index in [1.807, 2.05) is 17.9 Å². The standard InChI is InChI=1S/C35H54N2O2/c1-9-12-17-33(14-10-2)37(19-11-3)35(38)26-36-25-32(24-34(36)23-29(7)21-27(4)5)31-16-13-15-30(8)39-20-18-28(6)22-31/h10,12,14-17,21-22,29,32,34H,2,9,11,13,18-20,23-26H2,1,3-8H3/b17-12-,28-22+,30-15+,31-16?,33-14+. The maximum atomic E-state index is 13.8. The molecule has 3 atom stereocenters. The number of likely N-dealkylation sites (tertiary alicyclic amines) is 1. The summed E-state index contributed by atoms with van der Waals surface area (Å²) in [6.07, 6.45) is 23.0. The first kappa shape index (κ1) is 32.6. The van der Waals surface area contributed by atoms with E-state index in [-0.39, 0.29) is 5.91 Å². The van der Waals surface area contributed by atoms with Gasteiger partial charge in [-0.3, -0.25) is 9.69 Å². The molecule has 0 radical (unpaired) electrons. The van der Waals surface area contributed by atoms with Crippen LogP contribution in [-0.2, 0) is 9.53 Å². The van der Waals surface area contributed by atoms with E-state index in [1.54, 1.807) is 6.08 Å². The Hall–Kier alpha value is -2.59. The van der Waals surface area contributed by atoms with Crippen molar-refractivity contribution in [3.8, 4) is 0 Å². The summed E-state index contributed by atoms with van der Waals surface area (Å²) >= 11 is 0. The summed E-state index contributed by atoms with van der Waals surface area (Å²) in [6, 6.07) is 0.372. The van der Waals surface area contributed by atoms with Gasteiger partial charge in [0, 0.05) is 31.2 Å². The van der Waals surface area contributed by atoms with Crippen LogP contribution in [0.5, 0.6) is 0 Å². The predicted molar refractivity (Wildman–Crippen MR) is 167 cm³/mol. The molecule has 1 amide bonds. The summed E-state index contributed by atoms with van der Waals surface area (Å²) < 4.78 is 5.83. The second-order valence-corrected chi connectivity index (χ2v) is 11.5. The van der Waals surface area contributed by atoms with E-state index in [0.717, 1.165) is 63.1 Å². The number of nitrogens with zero attached hydrogens (tertiary/aromatic N) is 2. The van der Waals surface area contributed by atoms with Crippen molar-refractivity contribution in [2.24, 2.45) is 11.8 Å². The smallest absolute Gasteiger partial charge is 0.241 e. The molecule has 2 rings (SSSR count). The monoisotopic (exact) mass is 534 g/mol. The van der Waals surface area contributed by atoms with Crippen molar-refractivity contribution in [2.45, 2.75) is 93.0 Å². The van der Waals surface area contributed by atoms with Gasteiger partial charge >= 0.3 is 0 Å². The number of hydrogen-bond acceptors (Lipinski definition) is 3. The van der Waals surface area contributed by atoms with Gasteiger partial charge in [0.25, 0.3) is 0 Å². The average Bonchev–Trinajstić information content (AvgIpc) is 3.25. The summed E-state index contributed by atoms with van der Waals surface area (Å²) in [4.78, 5) is 18.3. The Balaban J connectivity index is 2.36. The number of rotatable bonds is 12. The summed E-state index contributed by atoms with van der Waals surface area (Å²) in [5.41, 5.74) is 5.06. The Kier molecular flexibility index (Phi) is 14.4. The normalized spacial score (nSPS) is 24.6. The third-order valence-electron chi connectivity index (χ3n) is 7.47. The Morgan fingerprint density at radius 3 is 2.69 bits per heavy atom. The Labute approximate surface area is 239 Å². The van der Waals surface area contributed by atoms with Crippen LogP contribution in [-0.4, -0.2) is 48.0 Å². The summed E-state index contributed by atoms with van der Waals surface area (Å²) in [7, 11) is 0. The van der Waals surface area contributed by atoms with E-state index in [1.165, 1.54) is 16.7 Å². The lowest BCUT2D eigenvalue weighted by molar-refractivity contribution is -0.130. The van der Waals surface area contributed by atoms with Crippen LogP contribution in [0.25, 0.3) is 0 Å². The molecule has 0 aromatic carbocycles. The molecule has 216 valence electrons. The van der Waals surface area contributed by atoms with E-state index < -0.39 is 0 Å². The molecule has 2 aliphatic heterocycles. The third kappa shape index (κ3) is 11.2. The van der Waals surface area contributed by atoms with Crippen LogP contribution in [0.3, 0.4) is 0 Å². The molecule has 0 aromatic heterocycles. The SMILES string of the molecule is C=C/C=C(\C=C/CC)N(CCC)C(=O)CN1CC(C2=CC/C=C(\C)OCC/C(C)=C/2)CC1CC(C)C=C(C)C. The van der Waals surface area contributed by atoms with Crippen LogP contribution >= 0.6 is 0 Å². The maximum absolute atomic E-state index is 13.8. The molecule has 1 saturated heterocycles. The van der Waals surface area contributed by atoms with Gasteiger partial charge in [0.1, 0.15) is 0 Å². The van der Waals surface area contributed by atoms with Crippen LogP contribution in [0, 0.1) is 11.8 Å². The molecule has 3 unspecified atom stereocenters. The minimum Gasteiger partial charge on any atom is -0.498 e. The van der Waals surface area contributed by atoms with Crippen LogP contribution < -0.4 is 0 Å². The maximum Gasteiger partial charge on any atom is 0.241 e. The van der Waals surface area contributed by atoms with Crippen LogP contribution in [0.1, 0.15) is 87.0 Å². The first-order valence-electron chi connectivity index (χ1n) is 15.0. The lowest BCUT2D eigenvalue weighted by Crippen LogP contribution is -2.42. The molecule has 0 aliphatic carbocycles. The lowest BCUT2D eigenvalue weighted by Gasteiger charge is -2.30. The molecule has 0 aromatic rings. The molecule has 2 aliphatic rings. The lowest BCUT2D eigenvalue weighted by atomic mass is 9.90. The van der Waals surface area contributed by atoms with Gasteiger partial charge in [0.2, 0.25) is 5.91 Å². The van der Waals surface area contributed by atoms with Gasteiger partial charge in [0.15, 0.2) is 0 Å². The van der Waals surface area contributed by atoms with E-state index in [2.05, 4.69) is 89.5 Å². The van der Waals surface area contributed by atoms with Crippen LogP contribution in [0.4, 0.5) is 0 Å². The topological polar surface area (TPSA) is 32.8 Å². The zero-order valence-electron chi connectivity index (χ0n) is 25.8. The molecular formula is C35H54N2O2. The first-order valence-corrected chi connectivity index (χ1v) is 15.0. The molecule has 0 bridgehead atoms. The van der Waals surface area contributed by atoms with E-state index in [0.29, 0.717) is 31.0 Å². The van der Waals surface area contributed by atoms with Gasteiger partial charge in [-0.15, -0.1) is 0 Å². The Bertz CT molecular complexity index is 990. The van der Waals surface area contributed by atoms with E-state index >= 15 is 0 Å². The van der Waals surface area contributed by atoms with E-state index in [4.69, 9.17) is 4.74 Å². The molecule has 4 heteroatoms. The van der Waals surface area contributed by atoms with Crippen LogP contribution in [0.15, 0.2) is 83.4 Å². The van der Waals surface area contributed by atoms with Crippen molar-refractivity contribution in [1.29, 1.82) is 0 Å². The number of hydrogen-bond donors (Lipinski definition) is 0. The molecule has 2 heterocycles. The number of allylic oxidation sites excluding steroid dienone is 10. The molecule has 0 saturated carbocycles. The fourth-order valence-electron chi connectivity index (χ4n) is 5.70. The summed E-state index contributed by atoms with van der Waals surface area (Å²) in [5.74, 6) is 2.08. The van der Waals surface area contributed by atoms with Crippen molar-refractivity contribution >= 4 is 5.91 Å². The predicted octanol–water partition coefficient (Wildman–Crippen LogP) is 8.53. The number of carbonyl (C=O) groups excluding carboxylic acids is 1. The van der Waals surface area contributed by atoms with Gasteiger partial charge in [-0.25, -0.2) is 0 Å².